The Labute approximate surface area is 204 Å². The predicted octanol–water partition coefficient (Wildman–Crippen LogP) is 5.43. The van der Waals surface area contributed by atoms with Gasteiger partial charge in [-0.2, -0.15) is 5.10 Å². The van der Waals surface area contributed by atoms with Crippen LogP contribution in [0, 0.1) is 10.8 Å². The molecule has 33 heavy (non-hydrogen) atoms. The summed E-state index contributed by atoms with van der Waals surface area (Å²) in [6.07, 6.45) is 4.93. The highest BCUT2D eigenvalue weighted by Crippen LogP contribution is 2.26. The summed E-state index contributed by atoms with van der Waals surface area (Å²) in [6.45, 7) is 26.4. The lowest BCUT2D eigenvalue weighted by Gasteiger charge is -2.09. The Hall–Kier alpha value is -2.63. The summed E-state index contributed by atoms with van der Waals surface area (Å²) >= 11 is 0. The van der Waals surface area contributed by atoms with Crippen LogP contribution in [0.1, 0.15) is 85.3 Å². The molecule has 6 nitrogen and oxygen atoms in total. The molecule has 0 aromatic carbocycles. The van der Waals surface area contributed by atoms with Crippen molar-refractivity contribution >= 4 is 27.4 Å². The van der Waals surface area contributed by atoms with Crippen molar-refractivity contribution < 1.29 is 0 Å². The van der Waals surface area contributed by atoms with Gasteiger partial charge in [0, 0.05) is 48.0 Å². The van der Waals surface area contributed by atoms with E-state index in [-0.39, 0.29) is 7.43 Å². The van der Waals surface area contributed by atoms with E-state index in [4.69, 9.17) is 16.0 Å². The molecule has 0 unspecified atom stereocenters. The normalized spacial score (nSPS) is 13.8. The maximum absolute atomic E-state index is 5.59. The fourth-order valence-corrected chi connectivity index (χ4v) is 2.29. The van der Waals surface area contributed by atoms with Crippen LogP contribution in [0.25, 0.3) is 11.4 Å². The SMILES string of the molecule is C.CC(C)(C)C.CC(C)(C)C.[B]N1Cc2ccnnc2C1=C.[B]N1Cc2cncnc2C1=C. The minimum absolute atomic E-state index is 0. The number of fused-ring (bicyclic) bond motifs is 2. The lowest BCUT2D eigenvalue weighted by atomic mass is 10.0. The molecule has 8 heteroatoms. The molecule has 0 atom stereocenters. The standard InChI is InChI=1S/2C7H6BN3.2C5H12.CH4/c1-5-7-6(3-11(5)8)2-9-4-10-7;1-5-7-6(4-11(5)8)2-3-9-10-7;2*1-5(2,3)4;/h2,4H,1,3H2;2-3H,1,4H2;2*1-4H3;1H4. The molecule has 4 rings (SSSR count). The second kappa shape index (κ2) is 12.6. The molecule has 0 N–H and O–H groups in total. The number of aromatic nitrogens is 4. The van der Waals surface area contributed by atoms with E-state index >= 15 is 0 Å². The third-order valence-electron chi connectivity index (χ3n) is 3.51. The molecule has 0 fully saturated rings. The third-order valence-corrected chi connectivity index (χ3v) is 3.51. The van der Waals surface area contributed by atoms with Gasteiger partial charge in [-0.05, 0) is 16.9 Å². The van der Waals surface area contributed by atoms with Crippen molar-refractivity contribution in [3.05, 3.63) is 60.5 Å². The van der Waals surface area contributed by atoms with Gasteiger partial charge in [0.1, 0.15) is 12.0 Å². The zero-order valence-corrected chi connectivity index (χ0v) is 21.0. The first kappa shape index (κ1) is 30.4. The molecular weight excluding hydrogens is 406 g/mol. The van der Waals surface area contributed by atoms with Crippen LogP contribution < -0.4 is 0 Å². The topological polar surface area (TPSA) is 58.0 Å². The van der Waals surface area contributed by atoms with E-state index < -0.39 is 0 Å². The summed E-state index contributed by atoms with van der Waals surface area (Å²) in [7, 11) is 11.2. The summed E-state index contributed by atoms with van der Waals surface area (Å²) in [5.74, 6) is 0. The van der Waals surface area contributed by atoms with Gasteiger partial charge < -0.3 is 9.62 Å². The van der Waals surface area contributed by atoms with Gasteiger partial charge >= 0.3 is 0 Å². The van der Waals surface area contributed by atoms with Crippen LogP contribution in [0.15, 0.2) is 37.9 Å². The van der Waals surface area contributed by atoms with Crippen molar-refractivity contribution in [2.75, 3.05) is 0 Å². The summed E-state index contributed by atoms with van der Waals surface area (Å²) in [6, 6.07) is 1.90. The number of rotatable bonds is 0. The molecule has 0 saturated heterocycles. The Morgan fingerprint density at radius 3 is 1.73 bits per heavy atom. The van der Waals surface area contributed by atoms with Gasteiger partial charge in [-0.25, -0.2) is 9.97 Å². The Balaban J connectivity index is 0.000000441. The van der Waals surface area contributed by atoms with Crippen molar-refractivity contribution in [2.24, 2.45) is 10.8 Å². The highest BCUT2D eigenvalue weighted by molar-refractivity contribution is 6.10. The van der Waals surface area contributed by atoms with Gasteiger partial charge in [0.05, 0.1) is 5.69 Å². The lowest BCUT2D eigenvalue weighted by Crippen LogP contribution is -2.08. The second-order valence-electron chi connectivity index (χ2n) is 11.0. The maximum atomic E-state index is 5.59. The molecule has 176 valence electrons. The zero-order chi connectivity index (χ0) is 24.7. The van der Waals surface area contributed by atoms with E-state index in [9.17, 15) is 0 Å². The quantitative estimate of drug-likeness (QED) is 0.503. The van der Waals surface area contributed by atoms with Crippen LogP contribution >= 0.6 is 0 Å². The van der Waals surface area contributed by atoms with E-state index in [1.54, 1.807) is 22.0 Å². The van der Waals surface area contributed by atoms with Crippen LogP contribution in [0.3, 0.4) is 0 Å². The molecule has 2 aromatic rings. The average molecular weight is 446 g/mol. The molecule has 4 heterocycles. The van der Waals surface area contributed by atoms with E-state index in [1.807, 2.05) is 6.07 Å². The highest BCUT2D eigenvalue weighted by Gasteiger charge is 2.20. The second-order valence-corrected chi connectivity index (χ2v) is 11.0. The Bertz CT molecular complexity index is 828. The molecule has 2 aliphatic rings. The predicted molar refractivity (Wildman–Crippen MR) is 142 cm³/mol. The van der Waals surface area contributed by atoms with Gasteiger partial charge in [0.15, 0.2) is 0 Å². The maximum Gasteiger partial charge on any atom is 0.227 e. The molecule has 0 aliphatic carbocycles. The molecule has 0 spiro atoms. The van der Waals surface area contributed by atoms with E-state index in [0.29, 0.717) is 23.9 Å². The fourth-order valence-electron chi connectivity index (χ4n) is 2.29. The van der Waals surface area contributed by atoms with Crippen molar-refractivity contribution in [3.8, 4) is 0 Å². The third kappa shape index (κ3) is 11.7. The smallest absolute Gasteiger partial charge is 0.227 e. The molecule has 0 amide bonds. The zero-order valence-electron chi connectivity index (χ0n) is 21.0. The van der Waals surface area contributed by atoms with Crippen molar-refractivity contribution in [3.63, 3.8) is 0 Å². The van der Waals surface area contributed by atoms with Gasteiger partial charge in [-0.1, -0.05) is 76.0 Å². The Kier molecular flexibility index (Phi) is 11.6. The number of nitrogens with zero attached hydrogens (tertiary/aromatic N) is 6. The first-order valence-electron chi connectivity index (χ1n) is 10.6. The summed E-state index contributed by atoms with van der Waals surface area (Å²) < 4.78 is 0. The first-order valence-corrected chi connectivity index (χ1v) is 10.6. The Morgan fingerprint density at radius 1 is 0.818 bits per heavy atom. The minimum atomic E-state index is 0. The highest BCUT2D eigenvalue weighted by atomic mass is 15.2. The van der Waals surface area contributed by atoms with Crippen LogP contribution in [0.2, 0.25) is 0 Å². The Morgan fingerprint density at radius 2 is 1.27 bits per heavy atom. The summed E-state index contributed by atoms with van der Waals surface area (Å²) in [5.41, 5.74) is 6.32. The minimum Gasteiger partial charge on any atom is -0.420 e. The van der Waals surface area contributed by atoms with Crippen molar-refractivity contribution in [1.82, 2.24) is 29.8 Å². The van der Waals surface area contributed by atoms with Gasteiger partial charge in [-0.15, -0.1) is 5.10 Å². The van der Waals surface area contributed by atoms with Crippen molar-refractivity contribution in [2.45, 2.75) is 75.9 Å². The first-order chi connectivity index (χ1) is 14.6. The largest absolute Gasteiger partial charge is 0.420 e. The van der Waals surface area contributed by atoms with Gasteiger partial charge in [0.2, 0.25) is 16.0 Å². The summed E-state index contributed by atoms with van der Waals surface area (Å²) in [4.78, 5) is 11.1. The average Bonchev–Trinajstić information content (AvgIpc) is 3.09. The van der Waals surface area contributed by atoms with Crippen LogP contribution in [-0.2, 0) is 13.1 Å². The molecular formula is C25H40B2N6. The molecule has 4 radical (unpaired) electrons. The van der Waals surface area contributed by atoms with E-state index in [1.165, 1.54) is 6.33 Å². The molecule has 0 saturated carbocycles. The van der Waals surface area contributed by atoms with Crippen LogP contribution in [0.4, 0.5) is 0 Å². The van der Waals surface area contributed by atoms with E-state index in [2.05, 4.69) is 88.7 Å². The number of hydrogen-bond acceptors (Lipinski definition) is 6. The van der Waals surface area contributed by atoms with Gasteiger partial charge in [-0.3, -0.25) is 0 Å². The van der Waals surface area contributed by atoms with Crippen LogP contribution in [-0.4, -0.2) is 45.7 Å². The van der Waals surface area contributed by atoms with Crippen molar-refractivity contribution in [1.29, 1.82) is 0 Å². The van der Waals surface area contributed by atoms with Gasteiger partial charge in [0.25, 0.3) is 0 Å². The molecule has 2 aromatic heterocycles. The molecule has 0 bridgehead atoms. The van der Waals surface area contributed by atoms with Crippen LogP contribution in [0.5, 0.6) is 0 Å². The number of hydrogen-bond donors (Lipinski definition) is 0. The molecule has 2 aliphatic heterocycles. The monoisotopic (exact) mass is 446 g/mol. The summed E-state index contributed by atoms with van der Waals surface area (Å²) in [5, 5.41) is 7.67. The van der Waals surface area contributed by atoms with E-state index in [0.717, 1.165) is 33.9 Å². The fraction of sp³-hybridized carbons (Fsp3) is 0.520. The lowest BCUT2D eigenvalue weighted by molar-refractivity contribution is 0.469.